The van der Waals surface area contributed by atoms with Gasteiger partial charge in [-0.3, -0.25) is 0 Å². The van der Waals surface area contributed by atoms with Crippen LogP contribution in [0.4, 0.5) is 11.8 Å². The van der Waals surface area contributed by atoms with Gasteiger partial charge in [-0.2, -0.15) is 4.98 Å². The lowest BCUT2D eigenvalue weighted by atomic mass is 9.85. The second-order valence-electron chi connectivity index (χ2n) is 7.49. The summed E-state index contributed by atoms with van der Waals surface area (Å²) in [5, 5.41) is 3.41. The summed E-state index contributed by atoms with van der Waals surface area (Å²) < 4.78 is 0. The van der Waals surface area contributed by atoms with Crippen molar-refractivity contribution in [3.05, 3.63) is 47.2 Å². The summed E-state index contributed by atoms with van der Waals surface area (Å²) in [6, 6.07) is 11.2. The minimum absolute atomic E-state index is 0.0305. The fraction of sp³-hybridized carbons (Fsp3) is 0.500. The normalized spacial score (nSPS) is 17.3. The highest BCUT2D eigenvalue weighted by Gasteiger charge is 2.33. The Labute approximate surface area is 145 Å². The van der Waals surface area contributed by atoms with Crippen molar-refractivity contribution in [2.24, 2.45) is 0 Å². The number of nitrogens with one attached hydrogen (secondary N) is 1. The second-order valence-corrected chi connectivity index (χ2v) is 7.49. The third kappa shape index (κ3) is 3.37. The monoisotopic (exact) mass is 324 g/mol. The molecular weight excluding hydrogens is 296 g/mol. The highest BCUT2D eigenvalue weighted by Crippen LogP contribution is 2.34. The van der Waals surface area contributed by atoms with Crippen LogP contribution in [0.5, 0.6) is 0 Å². The van der Waals surface area contributed by atoms with E-state index in [9.17, 15) is 0 Å². The van der Waals surface area contributed by atoms with E-state index in [-0.39, 0.29) is 5.54 Å². The van der Waals surface area contributed by atoms with Crippen molar-refractivity contribution >= 4 is 11.8 Å². The first-order chi connectivity index (χ1) is 11.4. The average molecular weight is 324 g/mol. The Morgan fingerprint density at radius 2 is 1.92 bits per heavy atom. The maximum absolute atomic E-state index is 4.82. The van der Waals surface area contributed by atoms with Crippen LogP contribution in [0.1, 0.15) is 50.9 Å². The fourth-order valence-electron chi connectivity index (χ4n) is 3.30. The van der Waals surface area contributed by atoms with Crippen LogP contribution in [-0.4, -0.2) is 21.5 Å². The first kappa shape index (κ1) is 16.7. The molecule has 0 amide bonds. The van der Waals surface area contributed by atoms with Gasteiger partial charge in [0.1, 0.15) is 5.82 Å². The lowest BCUT2D eigenvalue weighted by Gasteiger charge is -2.44. The second kappa shape index (κ2) is 6.42. The van der Waals surface area contributed by atoms with Crippen molar-refractivity contribution < 1.29 is 0 Å². The smallest absolute Gasteiger partial charge is 0.225 e. The van der Waals surface area contributed by atoms with E-state index in [1.165, 1.54) is 11.1 Å². The molecule has 3 rings (SSSR count). The maximum atomic E-state index is 4.82. The molecule has 1 aromatic carbocycles. The molecule has 0 bridgehead atoms. The zero-order chi connectivity index (χ0) is 17.3. The number of aryl methyl sites for hydroxylation is 1. The van der Waals surface area contributed by atoms with Gasteiger partial charge < -0.3 is 10.2 Å². The predicted molar refractivity (Wildman–Crippen MR) is 101 cm³/mol. The summed E-state index contributed by atoms with van der Waals surface area (Å²) >= 11 is 0. The van der Waals surface area contributed by atoms with E-state index in [2.05, 4.69) is 73.2 Å². The van der Waals surface area contributed by atoms with E-state index < -0.39 is 0 Å². The molecule has 0 radical (unpaired) electrons. The Balaban J connectivity index is 1.96. The molecule has 1 aromatic heterocycles. The molecule has 0 unspecified atom stereocenters. The van der Waals surface area contributed by atoms with Crippen LogP contribution < -0.4 is 10.2 Å². The number of hydrogen-bond donors (Lipinski definition) is 1. The van der Waals surface area contributed by atoms with Gasteiger partial charge in [0.05, 0.1) is 0 Å². The van der Waals surface area contributed by atoms with Gasteiger partial charge in [-0.1, -0.05) is 31.2 Å². The predicted octanol–water partition coefficient (Wildman–Crippen LogP) is 4.34. The third-order valence-electron chi connectivity index (χ3n) is 4.91. The molecule has 0 fully saturated rings. The van der Waals surface area contributed by atoms with Crippen LogP contribution >= 0.6 is 0 Å². The quantitative estimate of drug-likeness (QED) is 0.908. The van der Waals surface area contributed by atoms with Gasteiger partial charge in [0, 0.05) is 29.9 Å². The summed E-state index contributed by atoms with van der Waals surface area (Å²) in [5.41, 5.74) is 3.87. The number of rotatable bonds is 4. The number of fused-ring (bicyclic) bond motifs is 1. The lowest BCUT2D eigenvalue weighted by molar-refractivity contribution is 0.427. The van der Waals surface area contributed by atoms with Crippen molar-refractivity contribution in [2.75, 3.05) is 10.2 Å². The van der Waals surface area contributed by atoms with Crippen LogP contribution in [0.3, 0.4) is 0 Å². The highest BCUT2D eigenvalue weighted by atomic mass is 15.3. The minimum Gasteiger partial charge on any atom is -0.352 e. The molecular formula is C20H28N4. The van der Waals surface area contributed by atoms with Crippen LogP contribution in [0, 0.1) is 6.92 Å². The zero-order valence-corrected chi connectivity index (χ0v) is 15.4. The summed E-state index contributed by atoms with van der Waals surface area (Å²) in [5.74, 6) is 1.74. The number of hydrogen-bond acceptors (Lipinski definition) is 4. The Hall–Kier alpha value is -2.10. The molecule has 0 spiro atoms. The molecule has 2 aromatic rings. The van der Waals surface area contributed by atoms with Gasteiger partial charge in [-0.05, 0) is 51.7 Å². The standard InChI is InChI=1S/C20H28N4/c1-6-14(2)21-19-22-15(3)11-18(23-19)24-13-17-10-8-7-9-16(17)12-20(24,4)5/h7-11,14H,6,12-13H2,1-5H3,(H,21,22,23)/t14-/m0/s1. The Morgan fingerprint density at radius 3 is 2.62 bits per heavy atom. The molecule has 1 N–H and O–H groups in total. The number of aromatic nitrogens is 2. The fourth-order valence-corrected chi connectivity index (χ4v) is 3.30. The van der Waals surface area contributed by atoms with Gasteiger partial charge in [0.2, 0.25) is 5.95 Å². The molecule has 4 nitrogen and oxygen atoms in total. The van der Waals surface area contributed by atoms with Crippen molar-refractivity contribution in [3.8, 4) is 0 Å². The summed E-state index contributed by atoms with van der Waals surface area (Å²) in [6.45, 7) is 11.8. The van der Waals surface area contributed by atoms with Crippen molar-refractivity contribution in [1.82, 2.24) is 9.97 Å². The van der Waals surface area contributed by atoms with Crippen LogP contribution in [0.15, 0.2) is 30.3 Å². The zero-order valence-electron chi connectivity index (χ0n) is 15.4. The molecule has 0 saturated heterocycles. The molecule has 0 aliphatic carbocycles. The topological polar surface area (TPSA) is 41.1 Å². The van der Waals surface area contributed by atoms with E-state index >= 15 is 0 Å². The molecule has 2 heterocycles. The first-order valence-electron chi connectivity index (χ1n) is 8.85. The molecule has 1 atom stereocenters. The van der Waals surface area contributed by atoms with E-state index in [0.717, 1.165) is 36.8 Å². The molecule has 128 valence electrons. The van der Waals surface area contributed by atoms with Crippen LogP contribution in [0.2, 0.25) is 0 Å². The Morgan fingerprint density at radius 1 is 1.21 bits per heavy atom. The summed E-state index contributed by atoms with van der Waals surface area (Å²) in [7, 11) is 0. The van der Waals surface area contributed by atoms with Crippen molar-refractivity contribution in [2.45, 2.75) is 65.6 Å². The molecule has 24 heavy (non-hydrogen) atoms. The maximum Gasteiger partial charge on any atom is 0.225 e. The minimum atomic E-state index is 0.0305. The van der Waals surface area contributed by atoms with E-state index in [1.807, 2.05) is 6.92 Å². The Bertz CT molecular complexity index is 723. The van der Waals surface area contributed by atoms with E-state index in [4.69, 9.17) is 4.98 Å². The third-order valence-corrected chi connectivity index (χ3v) is 4.91. The van der Waals surface area contributed by atoms with Gasteiger partial charge in [0.25, 0.3) is 0 Å². The van der Waals surface area contributed by atoms with Gasteiger partial charge >= 0.3 is 0 Å². The Kier molecular flexibility index (Phi) is 4.48. The summed E-state index contributed by atoms with van der Waals surface area (Å²) in [4.78, 5) is 11.8. The van der Waals surface area contributed by atoms with Crippen LogP contribution in [-0.2, 0) is 13.0 Å². The average Bonchev–Trinajstić information content (AvgIpc) is 2.52. The number of anilines is 2. The van der Waals surface area contributed by atoms with Crippen molar-refractivity contribution in [3.63, 3.8) is 0 Å². The number of nitrogens with zero attached hydrogens (tertiary/aromatic N) is 3. The molecule has 1 aliphatic heterocycles. The number of benzene rings is 1. The summed E-state index contributed by atoms with van der Waals surface area (Å²) in [6.07, 6.45) is 2.08. The van der Waals surface area contributed by atoms with Crippen LogP contribution in [0.25, 0.3) is 0 Å². The largest absolute Gasteiger partial charge is 0.352 e. The molecule has 1 aliphatic rings. The van der Waals surface area contributed by atoms with E-state index in [0.29, 0.717) is 6.04 Å². The van der Waals surface area contributed by atoms with Gasteiger partial charge in [-0.25, -0.2) is 4.98 Å². The van der Waals surface area contributed by atoms with E-state index in [1.54, 1.807) is 0 Å². The lowest BCUT2D eigenvalue weighted by Crippen LogP contribution is -2.49. The highest BCUT2D eigenvalue weighted by molar-refractivity contribution is 5.51. The van der Waals surface area contributed by atoms with Gasteiger partial charge in [0.15, 0.2) is 0 Å². The SMILES string of the molecule is CC[C@H](C)Nc1nc(C)cc(N2Cc3ccccc3CC2(C)C)n1. The first-order valence-corrected chi connectivity index (χ1v) is 8.85. The molecule has 4 heteroatoms. The molecule has 0 saturated carbocycles. The van der Waals surface area contributed by atoms with Gasteiger partial charge in [-0.15, -0.1) is 0 Å². The van der Waals surface area contributed by atoms with Crippen molar-refractivity contribution in [1.29, 1.82) is 0 Å².